The van der Waals surface area contributed by atoms with E-state index in [2.05, 4.69) is 22.1 Å². The zero-order valence-electron chi connectivity index (χ0n) is 20.3. The molecule has 1 aliphatic rings. The molecule has 0 fully saturated rings. The van der Waals surface area contributed by atoms with E-state index in [1.165, 1.54) is 0 Å². The molecular formula is C28H28N4O4. The molecule has 8 heteroatoms. The van der Waals surface area contributed by atoms with Crippen LogP contribution in [0.4, 0.5) is 0 Å². The summed E-state index contributed by atoms with van der Waals surface area (Å²) in [7, 11) is 0. The number of amides is 1. The predicted octanol–water partition coefficient (Wildman–Crippen LogP) is 5.11. The summed E-state index contributed by atoms with van der Waals surface area (Å²) in [5.41, 5.74) is 3.99. The van der Waals surface area contributed by atoms with E-state index < -0.39 is 6.04 Å². The van der Waals surface area contributed by atoms with Crippen molar-refractivity contribution < 1.29 is 19.4 Å². The number of aromatic hydroxyl groups is 1. The van der Waals surface area contributed by atoms with Gasteiger partial charge in [-0.25, -0.2) is 0 Å². The van der Waals surface area contributed by atoms with E-state index in [0.717, 1.165) is 23.1 Å². The summed E-state index contributed by atoms with van der Waals surface area (Å²) in [5.74, 6) is 1.22. The lowest BCUT2D eigenvalue weighted by Gasteiger charge is -2.27. The Kier molecular flexibility index (Phi) is 6.58. The van der Waals surface area contributed by atoms with Crippen LogP contribution < -0.4 is 9.47 Å². The number of para-hydroxylation sites is 1. The summed E-state index contributed by atoms with van der Waals surface area (Å²) in [5, 5.41) is 18.0. The summed E-state index contributed by atoms with van der Waals surface area (Å²) in [6.45, 7) is 5.40. The molecule has 1 amide bonds. The number of H-pyrrole nitrogens is 1. The standard InChI is InChI=1S/C28H28N4O4/c1-3-14-36-22-12-11-19(15-23(22)35-4-2)27-24-25(20-9-5-6-10-21(20)33)30-31-26(24)28(34)32(27)17-18-8-7-13-29-16-18/h5-13,15-16,27,33H,3-4,14,17H2,1-2H3,(H,30,31). The Bertz CT molecular complexity index is 1370. The van der Waals surface area contributed by atoms with E-state index >= 15 is 0 Å². The Morgan fingerprint density at radius 1 is 1.06 bits per heavy atom. The Labute approximate surface area is 209 Å². The van der Waals surface area contributed by atoms with Crippen molar-refractivity contribution in [3.05, 3.63) is 89.4 Å². The number of benzene rings is 2. The van der Waals surface area contributed by atoms with E-state index in [9.17, 15) is 9.90 Å². The number of hydrogen-bond donors (Lipinski definition) is 2. The van der Waals surface area contributed by atoms with Crippen molar-refractivity contribution in [1.29, 1.82) is 0 Å². The number of pyridine rings is 1. The molecule has 36 heavy (non-hydrogen) atoms. The molecule has 0 radical (unpaired) electrons. The number of aromatic amines is 1. The molecule has 2 N–H and O–H groups in total. The highest BCUT2D eigenvalue weighted by Gasteiger charge is 2.42. The number of hydrogen-bond acceptors (Lipinski definition) is 6. The predicted molar refractivity (Wildman–Crippen MR) is 135 cm³/mol. The Morgan fingerprint density at radius 2 is 1.92 bits per heavy atom. The number of carbonyl (C=O) groups is 1. The van der Waals surface area contributed by atoms with Crippen LogP contribution in [0.5, 0.6) is 17.2 Å². The summed E-state index contributed by atoms with van der Waals surface area (Å²) in [6, 6.07) is 16.1. The minimum Gasteiger partial charge on any atom is -0.507 e. The van der Waals surface area contributed by atoms with Crippen molar-refractivity contribution in [3.8, 4) is 28.5 Å². The lowest BCUT2D eigenvalue weighted by molar-refractivity contribution is 0.0729. The van der Waals surface area contributed by atoms with E-state index in [-0.39, 0.29) is 11.7 Å². The van der Waals surface area contributed by atoms with Crippen LogP contribution in [-0.2, 0) is 6.54 Å². The second kappa shape index (κ2) is 10.1. The first-order chi connectivity index (χ1) is 17.6. The Hall–Kier alpha value is -4.33. The molecule has 0 bridgehead atoms. The first-order valence-electron chi connectivity index (χ1n) is 12.1. The van der Waals surface area contributed by atoms with Crippen LogP contribution in [0, 0.1) is 0 Å². The average Bonchev–Trinajstić information content (AvgIpc) is 3.43. The molecule has 2 aromatic heterocycles. The number of fused-ring (bicyclic) bond motifs is 1. The van der Waals surface area contributed by atoms with Crippen molar-refractivity contribution >= 4 is 5.91 Å². The third kappa shape index (κ3) is 4.26. The molecule has 5 rings (SSSR count). The molecule has 0 aliphatic carbocycles. The lowest BCUT2D eigenvalue weighted by Crippen LogP contribution is -2.29. The van der Waals surface area contributed by atoms with E-state index in [1.54, 1.807) is 35.5 Å². The van der Waals surface area contributed by atoms with Crippen LogP contribution in [0.15, 0.2) is 67.0 Å². The van der Waals surface area contributed by atoms with Gasteiger partial charge in [0.2, 0.25) is 0 Å². The van der Waals surface area contributed by atoms with Gasteiger partial charge in [-0.1, -0.05) is 31.2 Å². The number of ether oxygens (including phenoxy) is 2. The van der Waals surface area contributed by atoms with Crippen molar-refractivity contribution in [3.63, 3.8) is 0 Å². The van der Waals surface area contributed by atoms with Gasteiger partial charge in [0.05, 0.1) is 19.3 Å². The number of carbonyl (C=O) groups excluding carboxylic acids is 1. The average molecular weight is 485 g/mol. The minimum absolute atomic E-state index is 0.0991. The molecule has 8 nitrogen and oxygen atoms in total. The van der Waals surface area contributed by atoms with Crippen LogP contribution in [0.1, 0.15) is 53.5 Å². The third-order valence-corrected chi connectivity index (χ3v) is 6.14. The summed E-state index contributed by atoms with van der Waals surface area (Å²) in [6.07, 6.45) is 4.34. The van der Waals surface area contributed by atoms with Gasteiger partial charge in [0.25, 0.3) is 5.91 Å². The second-order valence-electron chi connectivity index (χ2n) is 8.56. The monoisotopic (exact) mass is 484 g/mol. The second-order valence-corrected chi connectivity index (χ2v) is 8.56. The number of nitrogens with one attached hydrogen (secondary N) is 1. The van der Waals surface area contributed by atoms with Crippen LogP contribution >= 0.6 is 0 Å². The fourth-order valence-corrected chi connectivity index (χ4v) is 4.57. The maximum absolute atomic E-state index is 13.6. The largest absolute Gasteiger partial charge is 0.507 e. The van der Waals surface area contributed by atoms with Gasteiger partial charge in [0, 0.05) is 30.1 Å². The van der Waals surface area contributed by atoms with E-state index in [0.29, 0.717) is 48.2 Å². The molecule has 1 atom stereocenters. The van der Waals surface area contributed by atoms with Crippen molar-refractivity contribution in [2.45, 2.75) is 32.9 Å². The summed E-state index contributed by atoms with van der Waals surface area (Å²) >= 11 is 0. The number of aromatic nitrogens is 3. The number of phenols is 1. The van der Waals surface area contributed by atoms with Crippen molar-refractivity contribution in [1.82, 2.24) is 20.1 Å². The molecule has 0 saturated carbocycles. The Morgan fingerprint density at radius 3 is 2.67 bits per heavy atom. The zero-order chi connectivity index (χ0) is 25.1. The topological polar surface area (TPSA) is 101 Å². The minimum atomic E-state index is -0.458. The molecule has 2 aromatic carbocycles. The number of nitrogens with zero attached hydrogens (tertiary/aromatic N) is 3. The zero-order valence-corrected chi connectivity index (χ0v) is 20.3. The van der Waals surface area contributed by atoms with Gasteiger partial charge in [0.1, 0.15) is 17.1 Å². The maximum atomic E-state index is 13.6. The highest BCUT2D eigenvalue weighted by atomic mass is 16.5. The molecule has 0 spiro atoms. The fraction of sp³-hybridized carbons (Fsp3) is 0.250. The first kappa shape index (κ1) is 23.4. The van der Waals surface area contributed by atoms with Crippen molar-refractivity contribution in [2.24, 2.45) is 0 Å². The molecular weight excluding hydrogens is 456 g/mol. The molecule has 1 aliphatic heterocycles. The van der Waals surface area contributed by atoms with Crippen molar-refractivity contribution in [2.75, 3.05) is 13.2 Å². The highest BCUT2D eigenvalue weighted by Crippen LogP contribution is 2.46. The van der Waals surface area contributed by atoms with Crippen LogP contribution in [0.2, 0.25) is 0 Å². The van der Waals surface area contributed by atoms with Gasteiger partial charge in [-0.05, 0) is 54.8 Å². The molecule has 184 valence electrons. The fourth-order valence-electron chi connectivity index (χ4n) is 4.57. The molecule has 3 heterocycles. The van der Waals surface area contributed by atoms with Crippen LogP contribution in [-0.4, -0.2) is 44.3 Å². The van der Waals surface area contributed by atoms with Gasteiger partial charge in [-0.2, -0.15) is 5.10 Å². The van der Waals surface area contributed by atoms with E-state index in [4.69, 9.17) is 9.47 Å². The number of phenolic OH excluding ortho intramolecular Hbond substituents is 1. The lowest BCUT2D eigenvalue weighted by atomic mass is 9.95. The smallest absolute Gasteiger partial charge is 0.273 e. The van der Waals surface area contributed by atoms with Crippen LogP contribution in [0.3, 0.4) is 0 Å². The van der Waals surface area contributed by atoms with Crippen LogP contribution in [0.25, 0.3) is 11.3 Å². The van der Waals surface area contributed by atoms with Gasteiger partial charge in [-0.3, -0.25) is 14.9 Å². The third-order valence-electron chi connectivity index (χ3n) is 6.14. The maximum Gasteiger partial charge on any atom is 0.273 e. The molecule has 4 aromatic rings. The molecule has 0 saturated heterocycles. The first-order valence-corrected chi connectivity index (χ1v) is 12.1. The highest BCUT2D eigenvalue weighted by molar-refractivity contribution is 6.00. The SMILES string of the molecule is CCCOc1ccc(C2c3c(-c4ccccc4O)n[nH]c3C(=O)N2Cc2cccnc2)cc1OCC. The summed E-state index contributed by atoms with van der Waals surface area (Å²) < 4.78 is 11.8. The molecule has 1 unspecified atom stereocenters. The van der Waals surface area contributed by atoms with Gasteiger partial charge < -0.3 is 19.5 Å². The quantitative estimate of drug-likeness (QED) is 0.342. The van der Waals surface area contributed by atoms with E-state index in [1.807, 2.05) is 43.3 Å². The Balaban J connectivity index is 1.65. The number of rotatable bonds is 9. The van der Waals surface area contributed by atoms with Gasteiger partial charge in [-0.15, -0.1) is 0 Å². The normalized spacial score (nSPS) is 14.7. The van der Waals surface area contributed by atoms with Gasteiger partial charge in [0.15, 0.2) is 11.5 Å². The summed E-state index contributed by atoms with van der Waals surface area (Å²) in [4.78, 5) is 19.7. The van der Waals surface area contributed by atoms with Gasteiger partial charge >= 0.3 is 0 Å².